The molecule has 2 aromatic carbocycles. The molecule has 1 N–H and O–H groups in total. The molecule has 0 fully saturated rings. The Morgan fingerprint density at radius 1 is 1.09 bits per heavy atom. The first kappa shape index (κ1) is 26.9. The van der Waals surface area contributed by atoms with E-state index in [2.05, 4.69) is 10.2 Å². The number of unbranched alkanes of at least 4 members (excludes halogenated alkanes) is 1. The number of fused-ring (bicyclic) bond motifs is 1. The number of ether oxygens (including phenoxy) is 2. The van der Waals surface area contributed by atoms with Crippen molar-refractivity contribution in [1.29, 1.82) is 0 Å². The second-order valence-corrected chi connectivity index (χ2v) is 8.53. The van der Waals surface area contributed by atoms with Gasteiger partial charge in [-0.05, 0) is 41.3 Å². The summed E-state index contributed by atoms with van der Waals surface area (Å²) < 4.78 is 10.4. The number of benzene rings is 2. The molecule has 2 atom stereocenters. The van der Waals surface area contributed by atoms with E-state index in [1.165, 1.54) is 6.92 Å². The molecule has 0 aliphatic carbocycles. The number of methoxy groups -OCH3 is 1. The molecule has 0 aliphatic rings. The summed E-state index contributed by atoms with van der Waals surface area (Å²) in [5.41, 5.74) is 0.839. The molecule has 2 rings (SSSR count). The summed E-state index contributed by atoms with van der Waals surface area (Å²) >= 11 is 0.950. The van der Waals surface area contributed by atoms with E-state index >= 15 is 0 Å². The van der Waals surface area contributed by atoms with Gasteiger partial charge in [0.05, 0.1) is 26.2 Å². The molecule has 2 aromatic rings. The van der Waals surface area contributed by atoms with Crippen LogP contribution < -0.4 is 10.1 Å². The van der Waals surface area contributed by atoms with Gasteiger partial charge in [0.2, 0.25) is 5.91 Å². The van der Waals surface area contributed by atoms with Crippen LogP contribution in [-0.2, 0) is 24.0 Å². The minimum Gasteiger partial charge on any atom is -0.497 e. The fourth-order valence-electron chi connectivity index (χ4n) is 3.10. The third-order valence-electron chi connectivity index (χ3n) is 4.96. The summed E-state index contributed by atoms with van der Waals surface area (Å²) in [6, 6.07) is 10.5. The average molecular weight is 493 g/mol. The van der Waals surface area contributed by atoms with Gasteiger partial charge >= 0.3 is 5.97 Å². The van der Waals surface area contributed by atoms with Gasteiger partial charge in [-0.2, -0.15) is 0 Å². The zero-order valence-corrected chi connectivity index (χ0v) is 20.1. The van der Waals surface area contributed by atoms with Crippen LogP contribution in [0.1, 0.15) is 38.2 Å². The lowest BCUT2D eigenvalue weighted by Gasteiger charge is -2.17. The van der Waals surface area contributed by atoms with Crippen LogP contribution in [0.4, 0.5) is 0 Å². The van der Waals surface area contributed by atoms with E-state index in [0.29, 0.717) is 12.8 Å². The normalized spacial score (nSPS) is 12.4. The molecule has 34 heavy (non-hydrogen) atoms. The Morgan fingerprint density at radius 2 is 1.76 bits per heavy atom. The van der Waals surface area contributed by atoms with Gasteiger partial charge in [0.25, 0.3) is 5.09 Å². The average Bonchev–Trinajstić information content (AvgIpc) is 2.81. The lowest BCUT2D eigenvalue weighted by Crippen LogP contribution is -2.43. The van der Waals surface area contributed by atoms with Crippen molar-refractivity contribution in [2.75, 3.05) is 26.1 Å². The van der Waals surface area contributed by atoms with Crippen molar-refractivity contribution in [3.8, 4) is 5.75 Å². The van der Waals surface area contributed by atoms with Crippen LogP contribution in [0.25, 0.3) is 10.8 Å². The minimum absolute atomic E-state index is 0.0207. The monoisotopic (exact) mass is 492 g/mol. The molecule has 0 heterocycles. The lowest BCUT2D eigenvalue weighted by atomic mass is 9.99. The molecular formula is C23H28N2O8S. The number of thioether (sulfide) groups is 1. The molecule has 0 saturated carbocycles. The van der Waals surface area contributed by atoms with Gasteiger partial charge in [0.1, 0.15) is 11.8 Å². The van der Waals surface area contributed by atoms with Gasteiger partial charge < -0.3 is 19.6 Å². The van der Waals surface area contributed by atoms with Crippen molar-refractivity contribution in [1.82, 2.24) is 5.32 Å². The highest BCUT2D eigenvalue weighted by Crippen LogP contribution is 2.28. The van der Waals surface area contributed by atoms with E-state index in [9.17, 15) is 24.5 Å². The first-order chi connectivity index (χ1) is 16.2. The Labute approximate surface area is 201 Å². The molecule has 0 aliphatic heterocycles. The van der Waals surface area contributed by atoms with Crippen LogP contribution in [0.2, 0.25) is 0 Å². The fourth-order valence-corrected chi connectivity index (χ4v) is 4.03. The number of carbonyl (C=O) groups excluding carboxylic acids is 3. The highest BCUT2D eigenvalue weighted by Gasteiger charge is 2.25. The Balaban J connectivity index is 1.91. The maximum absolute atomic E-state index is 12.8. The molecule has 0 saturated heterocycles. The molecule has 0 aromatic heterocycles. The lowest BCUT2D eigenvalue weighted by molar-refractivity contribution is -0.757. The van der Waals surface area contributed by atoms with Crippen LogP contribution >= 0.6 is 11.8 Å². The number of amides is 1. The number of nitrogens with zero attached hydrogens (tertiary/aromatic N) is 1. The molecule has 184 valence electrons. The van der Waals surface area contributed by atoms with Crippen molar-refractivity contribution in [2.45, 2.75) is 38.6 Å². The zero-order valence-electron chi connectivity index (χ0n) is 19.3. The van der Waals surface area contributed by atoms with Crippen LogP contribution in [0.5, 0.6) is 5.75 Å². The van der Waals surface area contributed by atoms with Crippen molar-refractivity contribution in [2.24, 2.45) is 0 Å². The van der Waals surface area contributed by atoms with Gasteiger partial charge in [0.15, 0.2) is 5.12 Å². The second kappa shape index (κ2) is 13.4. The molecular weight excluding hydrogens is 464 g/mol. The van der Waals surface area contributed by atoms with Crippen molar-refractivity contribution < 1.29 is 33.8 Å². The van der Waals surface area contributed by atoms with Gasteiger partial charge in [0, 0.05) is 12.7 Å². The summed E-state index contributed by atoms with van der Waals surface area (Å²) in [6.45, 7) is 2.99. The van der Waals surface area contributed by atoms with E-state index in [0.717, 1.165) is 33.8 Å². The molecule has 10 nitrogen and oxygen atoms in total. The smallest absolute Gasteiger partial charge is 0.329 e. The van der Waals surface area contributed by atoms with Crippen molar-refractivity contribution in [3.05, 3.63) is 52.1 Å². The summed E-state index contributed by atoms with van der Waals surface area (Å²) in [7, 11) is 1.60. The quantitative estimate of drug-likeness (QED) is 0.193. The molecule has 0 radical (unpaired) electrons. The Bertz CT molecular complexity index is 1030. The van der Waals surface area contributed by atoms with Crippen molar-refractivity contribution in [3.63, 3.8) is 0 Å². The van der Waals surface area contributed by atoms with E-state index in [1.807, 2.05) is 36.4 Å². The minimum atomic E-state index is -0.988. The maximum atomic E-state index is 12.8. The third kappa shape index (κ3) is 8.54. The van der Waals surface area contributed by atoms with Crippen LogP contribution in [0.15, 0.2) is 36.4 Å². The molecule has 0 bridgehead atoms. The molecule has 1 amide bonds. The van der Waals surface area contributed by atoms with E-state index < -0.39 is 28.9 Å². The van der Waals surface area contributed by atoms with Gasteiger partial charge in [-0.1, -0.05) is 43.0 Å². The van der Waals surface area contributed by atoms with E-state index in [1.54, 1.807) is 14.0 Å². The van der Waals surface area contributed by atoms with Crippen molar-refractivity contribution >= 4 is 39.5 Å². The summed E-state index contributed by atoms with van der Waals surface area (Å²) in [6.07, 6.45) is 0.700. The first-order valence-corrected chi connectivity index (χ1v) is 11.6. The van der Waals surface area contributed by atoms with E-state index in [-0.39, 0.29) is 24.1 Å². The Morgan fingerprint density at radius 3 is 2.44 bits per heavy atom. The number of rotatable bonds is 13. The molecule has 0 unspecified atom stereocenters. The van der Waals surface area contributed by atoms with Crippen LogP contribution in [0, 0.1) is 10.1 Å². The third-order valence-corrected chi connectivity index (χ3v) is 6.10. The van der Waals surface area contributed by atoms with Gasteiger partial charge in [-0.15, -0.1) is 10.1 Å². The fraction of sp³-hybridized carbons (Fsp3) is 0.435. The van der Waals surface area contributed by atoms with Gasteiger partial charge in [-0.3, -0.25) is 9.59 Å². The Hall–Kier alpha value is -3.34. The summed E-state index contributed by atoms with van der Waals surface area (Å²) in [5.74, 6) is -0.741. The predicted octanol–water partition coefficient (Wildman–Crippen LogP) is 3.25. The zero-order chi connectivity index (χ0) is 25.1. The van der Waals surface area contributed by atoms with Crippen LogP contribution in [-0.4, -0.2) is 54.2 Å². The topological polar surface area (TPSA) is 134 Å². The Kier molecular flexibility index (Phi) is 10.6. The standard InChI is InChI=1S/C23H28N2O8S/c1-15(17-6-7-19-13-20(31-3)9-8-18(19)12-17)23(28)34-14-21(24-16(2)26)22(27)32-10-4-5-11-33-25(29)30/h6-9,12-13,15,21H,4-5,10-11,14H2,1-3H3,(H,24,26)/t15-,21-/m0/s1. The van der Waals surface area contributed by atoms with Gasteiger partial charge in [-0.25, -0.2) is 4.79 Å². The van der Waals surface area contributed by atoms with E-state index in [4.69, 9.17) is 9.47 Å². The summed E-state index contributed by atoms with van der Waals surface area (Å²) in [4.78, 5) is 50.9. The molecule has 11 heteroatoms. The number of nitrogens with one attached hydrogen (secondary N) is 1. The van der Waals surface area contributed by atoms with Crippen LogP contribution in [0.3, 0.4) is 0 Å². The number of carbonyl (C=O) groups is 3. The maximum Gasteiger partial charge on any atom is 0.329 e. The predicted molar refractivity (Wildman–Crippen MR) is 127 cm³/mol. The highest BCUT2D eigenvalue weighted by atomic mass is 32.2. The first-order valence-electron chi connectivity index (χ1n) is 10.7. The summed E-state index contributed by atoms with van der Waals surface area (Å²) in [5, 5.41) is 13.5. The SMILES string of the molecule is COc1ccc2cc([C@H](C)C(=O)SC[C@H](NC(C)=O)C(=O)OCCCCO[N+](=O)[O-])ccc2c1. The number of esters is 1. The largest absolute Gasteiger partial charge is 0.497 e. The highest BCUT2D eigenvalue weighted by molar-refractivity contribution is 8.13. The number of hydrogen-bond donors (Lipinski definition) is 1. The molecule has 0 spiro atoms. The second-order valence-electron chi connectivity index (χ2n) is 7.51. The number of hydrogen-bond acceptors (Lipinski definition) is 9.